The molecule has 3 aromatic rings. The van der Waals surface area contributed by atoms with Crippen LogP contribution in [-0.2, 0) is 11.3 Å². The predicted octanol–water partition coefficient (Wildman–Crippen LogP) is 5.49. The van der Waals surface area contributed by atoms with Crippen LogP contribution < -0.4 is 4.80 Å². The topological polar surface area (TPSA) is 80.7 Å². The first kappa shape index (κ1) is 22.9. The summed E-state index contributed by atoms with van der Waals surface area (Å²) in [6.07, 6.45) is 2.40. The van der Waals surface area contributed by atoms with Crippen molar-refractivity contribution in [3.05, 3.63) is 74.4 Å². The Morgan fingerprint density at radius 2 is 1.88 bits per heavy atom. The zero-order valence-corrected chi connectivity index (χ0v) is 19.8. The third-order valence-corrected chi connectivity index (χ3v) is 6.79. The van der Waals surface area contributed by atoms with Gasteiger partial charge in [-0.05, 0) is 48.1 Å². The number of non-ortho nitro benzene ring substituents is 1. The number of nitro benzene ring substituents is 1. The predicted molar refractivity (Wildman–Crippen MR) is 131 cm³/mol. The summed E-state index contributed by atoms with van der Waals surface area (Å²) in [5.41, 5.74) is 4.10. The van der Waals surface area contributed by atoms with Gasteiger partial charge in [0.25, 0.3) is 5.69 Å². The third-order valence-electron chi connectivity index (χ3n) is 5.93. The average Bonchev–Trinajstić information content (AvgIpc) is 3.40. The van der Waals surface area contributed by atoms with Crippen LogP contribution in [0.25, 0.3) is 11.3 Å². The lowest BCUT2D eigenvalue weighted by Gasteiger charge is -2.16. The molecule has 1 fully saturated rings. The molecule has 1 aliphatic rings. The van der Waals surface area contributed by atoms with Crippen molar-refractivity contribution in [3.8, 4) is 11.3 Å². The molecule has 8 heteroatoms. The lowest BCUT2D eigenvalue weighted by atomic mass is 10.0. The molecule has 33 heavy (non-hydrogen) atoms. The SMILES string of the molecule is CC(C)c1ccccc1N=c1scc(-c2ccc([N+](=O)[O-])cc2)n1CCCN1CCCC1=O. The van der Waals surface area contributed by atoms with Gasteiger partial charge >= 0.3 is 0 Å². The van der Waals surface area contributed by atoms with Crippen molar-refractivity contribution < 1.29 is 9.72 Å². The monoisotopic (exact) mass is 464 g/mol. The van der Waals surface area contributed by atoms with E-state index in [9.17, 15) is 14.9 Å². The molecule has 1 amide bonds. The van der Waals surface area contributed by atoms with E-state index in [-0.39, 0.29) is 16.5 Å². The molecule has 0 spiro atoms. The summed E-state index contributed by atoms with van der Waals surface area (Å²) in [6, 6.07) is 14.8. The van der Waals surface area contributed by atoms with Gasteiger partial charge in [0, 0.05) is 43.6 Å². The summed E-state index contributed by atoms with van der Waals surface area (Å²) in [5.74, 6) is 0.588. The summed E-state index contributed by atoms with van der Waals surface area (Å²) in [7, 11) is 0. The Morgan fingerprint density at radius 3 is 2.55 bits per heavy atom. The van der Waals surface area contributed by atoms with Crippen LogP contribution in [0.3, 0.4) is 0 Å². The van der Waals surface area contributed by atoms with Gasteiger partial charge in [-0.25, -0.2) is 4.99 Å². The van der Waals surface area contributed by atoms with Gasteiger partial charge < -0.3 is 9.47 Å². The van der Waals surface area contributed by atoms with Crippen molar-refractivity contribution in [3.63, 3.8) is 0 Å². The number of carbonyl (C=O) groups is 1. The zero-order valence-electron chi connectivity index (χ0n) is 18.9. The third kappa shape index (κ3) is 5.22. The van der Waals surface area contributed by atoms with Gasteiger partial charge in [-0.15, -0.1) is 11.3 Å². The van der Waals surface area contributed by atoms with Crippen molar-refractivity contribution in [2.45, 2.75) is 45.6 Å². The molecule has 2 aromatic carbocycles. The van der Waals surface area contributed by atoms with Gasteiger partial charge in [-0.2, -0.15) is 0 Å². The van der Waals surface area contributed by atoms with E-state index in [1.807, 2.05) is 23.1 Å². The highest BCUT2D eigenvalue weighted by Crippen LogP contribution is 2.27. The first-order valence-electron chi connectivity index (χ1n) is 11.3. The number of amides is 1. The van der Waals surface area contributed by atoms with E-state index in [1.54, 1.807) is 23.5 Å². The maximum atomic E-state index is 12.0. The van der Waals surface area contributed by atoms with Gasteiger partial charge in [-0.1, -0.05) is 32.0 Å². The Labute approximate surface area is 197 Å². The summed E-state index contributed by atoms with van der Waals surface area (Å²) in [6.45, 7) is 6.59. The Balaban J connectivity index is 1.70. The van der Waals surface area contributed by atoms with Crippen molar-refractivity contribution in [2.24, 2.45) is 4.99 Å². The molecular formula is C25H28N4O3S. The summed E-state index contributed by atoms with van der Waals surface area (Å²) >= 11 is 1.56. The molecule has 1 aromatic heterocycles. The van der Waals surface area contributed by atoms with E-state index in [4.69, 9.17) is 4.99 Å². The van der Waals surface area contributed by atoms with E-state index in [0.29, 0.717) is 18.9 Å². The molecule has 0 unspecified atom stereocenters. The number of thiazole rings is 1. The fraction of sp³-hybridized carbons (Fsp3) is 0.360. The van der Waals surface area contributed by atoms with Crippen molar-refractivity contribution in [2.75, 3.05) is 13.1 Å². The Hall–Kier alpha value is -3.26. The van der Waals surface area contributed by atoms with Gasteiger partial charge in [0.05, 0.1) is 16.3 Å². The van der Waals surface area contributed by atoms with Crippen LogP contribution in [0.2, 0.25) is 0 Å². The number of aromatic nitrogens is 1. The van der Waals surface area contributed by atoms with E-state index < -0.39 is 0 Å². The Bertz CT molecular complexity index is 1210. The van der Waals surface area contributed by atoms with Crippen LogP contribution in [0.1, 0.15) is 44.6 Å². The van der Waals surface area contributed by atoms with Crippen LogP contribution in [0.15, 0.2) is 58.9 Å². The highest BCUT2D eigenvalue weighted by molar-refractivity contribution is 7.07. The molecule has 172 valence electrons. The lowest BCUT2D eigenvalue weighted by Crippen LogP contribution is -2.27. The number of hydrogen-bond acceptors (Lipinski definition) is 5. The number of para-hydroxylation sites is 1. The maximum absolute atomic E-state index is 12.0. The number of benzene rings is 2. The van der Waals surface area contributed by atoms with Crippen LogP contribution >= 0.6 is 11.3 Å². The smallest absolute Gasteiger partial charge is 0.269 e. The van der Waals surface area contributed by atoms with E-state index in [2.05, 4.69) is 29.9 Å². The Morgan fingerprint density at radius 1 is 1.12 bits per heavy atom. The molecule has 0 bridgehead atoms. The molecule has 2 heterocycles. The number of hydrogen-bond donors (Lipinski definition) is 0. The fourth-order valence-corrected chi connectivity index (χ4v) is 5.11. The molecular weight excluding hydrogens is 436 g/mol. The second kappa shape index (κ2) is 10.1. The van der Waals surface area contributed by atoms with Gasteiger partial charge in [0.1, 0.15) is 0 Å². The summed E-state index contributed by atoms with van der Waals surface area (Å²) < 4.78 is 2.17. The normalized spacial score (nSPS) is 14.5. The highest BCUT2D eigenvalue weighted by atomic mass is 32.1. The fourth-order valence-electron chi connectivity index (χ4n) is 4.16. The molecule has 4 rings (SSSR count). The van der Waals surface area contributed by atoms with Crippen molar-refractivity contribution in [1.29, 1.82) is 0 Å². The highest BCUT2D eigenvalue weighted by Gasteiger charge is 2.19. The van der Waals surface area contributed by atoms with Crippen LogP contribution in [0.4, 0.5) is 11.4 Å². The molecule has 0 saturated carbocycles. The van der Waals surface area contributed by atoms with Crippen molar-refractivity contribution in [1.82, 2.24) is 9.47 Å². The van der Waals surface area contributed by atoms with Crippen LogP contribution in [0, 0.1) is 10.1 Å². The van der Waals surface area contributed by atoms with Gasteiger partial charge in [-0.3, -0.25) is 14.9 Å². The molecule has 0 N–H and O–H groups in total. The number of nitrogens with zero attached hydrogens (tertiary/aromatic N) is 4. The van der Waals surface area contributed by atoms with E-state index in [1.165, 1.54) is 17.7 Å². The first-order chi connectivity index (χ1) is 15.9. The lowest BCUT2D eigenvalue weighted by molar-refractivity contribution is -0.384. The minimum atomic E-state index is -0.387. The zero-order chi connectivity index (χ0) is 23.4. The van der Waals surface area contributed by atoms with Crippen LogP contribution in [0.5, 0.6) is 0 Å². The number of nitro groups is 1. The second-order valence-corrected chi connectivity index (χ2v) is 9.36. The molecule has 0 radical (unpaired) electrons. The number of likely N-dealkylation sites (tertiary alicyclic amines) is 1. The molecule has 0 aliphatic carbocycles. The van der Waals surface area contributed by atoms with Gasteiger partial charge in [0.2, 0.25) is 5.91 Å². The standard InChI is InChI=1S/C25H28N4O3S/c1-18(2)21-7-3-4-8-22(21)26-25-28(16-6-15-27-14-5-9-24(27)30)23(17-33-25)19-10-12-20(13-11-19)29(31)32/h3-4,7-8,10-13,17-18H,5-6,9,14-16H2,1-2H3. The maximum Gasteiger partial charge on any atom is 0.269 e. The molecule has 1 aliphatic heterocycles. The molecule has 7 nitrogen and oxygen atoms in total. The van der Waals surface area contributed by atoms with Crippen molar-refractivity contribution >= 4 is 28.6 Å². The minimum absolute atomic E-state index is 0.0730. The number of rotatable bonds is 8. The van der Waals surface area contributed by atoms with Crippen LogP contribution in [-0.4, -0.2) is 33.4 Å². The first-order valence-corrected chi connectivity index (χ1v) is 12.2. The summed E-state index contributed by atoms with van der Waals surface area (Å²) in [5, 5.41) is 13.1. The van der Waals surface area contributed by atoms with E-state index in [0.717, 1.165) is 47.7 Å². The molecule has 0 atom stereocenters. The summed E-state index contributed by atoms with van der Waals surface area (Å²) in [4.78, 5) is 30.5. The largest absolute Gasteiger partial charge is 0.343 e. The minimum Gasteiger partial charge on any atom is -0.343 e. The second-order valence-electron chi connectivity index (χ2n) is 8.52. The average molecular weight is 465 g/mol. The number of carbonyl (C=O) groups excluding carboxylic acids is 1. The van der Waals surface area contributed by atoms with E-state index >= 15 is 0 Å². The quantitative estimate of drug-likeness (QED) is 0.326. The molecule has 1 saturated heterocycles. The Kier molecular flexibility index (Phi) is 7.03. The van der Waals surface area contributed by atoms with Gasteiger partial charge in [0.15, 0.2) is 4.80 Å².